The summed E-state index contributed by atoms with van der Waals surface area (Å²) in [5.41, 5.74) is 2.78. The van der Waals surface area contributed by atoms with Crippen LogP contribution in [-0.4, -0.2) is 32.5 Å². The number of nitrogens with zero attached hydrogens (tertiary/aromatic N) is 2. The molecule has 3 rings (SSSR count). The second-order valence-electron chi connectivity index (χ2n) is 5.21. The van der Waals surface area contributed by atoms with Crippen molar-refractivity contribution in [2.75, 3.05) is 18.5 Å². The van der Waals surface area contributed by atoms with Crippen molar-refractivity contribution in [3.8, 4) is 5.75 Å². The molecule has 0 spiro atoms. The quantitative estimate of drug-likeness (QED) is 0.797. The average molecular weight is 331 g/mol. The number of fused-ring (bicyclic) bond motifs is 1. The van der Waals surface area contributed by atoms with Gasteiger partial charge in [0.25, 0.3) is 10.0 Å². The van der Waals surface area contributed by atoms with Gasteiger partial charge in [-0.15, -0.1) is 0 Å². The zero-order valence-electron chi connectivity index (χ0n) is 13.1. The second kappa shape index (κ2) is 5.58. The Bertz CT molecular complexity index is 964. The highest BCUT2D eigenvalue weighted by Crippen LogP contribution is 2.28. The van der Waals surface area contributed by atoms with Crippen molar-refractivity contribution in [1.29, 1.82) is 0 Å². The van der Waals surface area contributed by atoms with Crippen molar-refractivity contribution in [3.63, 3.8) is 0 Å². The van der Waals surface area contributed by atoms with E-state index in [1.165, 1.54) is 11.4 Å². The van der Waals surface area contributed by atoms with Gasteiger partial charge in [-0.25, -0.2) is 13.4 Å². The fourth-order valence-corrected chi connectivity index (χ4v) is 3.84. The summed E-state index contributed by atoms with van der Waals surface area (Å²) in [7, 11) is -0.567. The van der Waals surface area contributed by atoms with Crippen molar-refractivity contribution in [2.24, 2.45) is 0 Å². The molecule has 0 bridgehead atoms. The fraction of sp³-hybridized carbons (Fsp3) is 0.188. The van der Waals surface area contributed by atoms with E-state index in [1.807, 2.05) is 0 Å². The van der Waals surface area contributed by atoms with E-state index in [2.05, 4.69) is 9.97 Å². The molecule has 120 valence electrons. The van der Waals surface area contributed by atoms with E-state index in [9.17, 15) is 8.42 Å². The van der Waals surface area contributed by atoms with Crippen molar-refractivity contribution in [3.05, 3.63) is 48.3 Å². The van der Waals surface area contributed by atoms with Crippen molar-refractivity contribution in [2.45, 2.75) is 11.8 Å². The van der Waals surface area contributed by atoms with Gasteiger partial charge in [0.1, 0.15) is 5.75 Å². The van der Waals surface area contributed by atoms with Gasteiger partial charge in [-0.2, -0.15) is 0 Å². The number of hydrogen-bond donors (Lipinski definition) is 1. The summed E-state index contributed by atoms with van der Waals surface area (Å²) in [6, 6.07) is 10.2. The van der Waals surface area contributed by atoms with E-state index in [1.54, 1.807) is 56.8 Å². The van der Waals surface area contributed by atoms with Gasteiger partial charge in [0.15, 0.2) is 0 Å². The lowest BCUT2D eigenvalue weighted by Gasteiger charge is -2.21. The minimum Gasteiger partial charge on any atom is -0.497 e. The van der Waals surface area contributed by atoms with Gasteiger partial charge in [0.05, 0.1) is 35.1 Å². The smallest absolute Gasteiger partial charge is 0.264 e. The molecule has 1 heterocycles. The van der Waals surface area contributed by atoms with Gasteiger partial charge in [-0.3, -0.25) is 4.31 Å². The number of aryl methyl sites for hydroxylation is 1. The molecule has 1 N–H and O–H groups in total. The zero-order valence-corrected chi connectivity index (χ0v) is 13.9. The van der Waals surface area contributed by atoms with Crippen molar-refractivity contribution < 1.29 is 13.2 Å². The number of benzene rings is 2. The van der Waals surface area contributed by atoms with E-state index >= 15 is 0 Å². The van der Waals surface area contributed by atoms with Gasteiger partial charge >= 0.3 is 0 Å². The minimum atomic E-state index is -3.66. The third-order valence-electron chi connectivity index (χ3n) is 3.79. The zero-order chi connectivity index (χ0) is 16.6. The van der Waals surface area contributed by atoms with E-state index in [0.717, 1.165) is 11.0 Å². The number of methoxy groups -OCH3 is 1. The summed E-state index contributed by atoms with van der Waals surface area (Å²) in [4.78, 5) is 7.37. The molecule has 0 unspecified atom stereocenters. The number of imidazole rings is 1. The second-order valence-corrected chi connectivity index (χ2v) is 7.15. The highest BCUT2D eigenvalue weighted by molar-refractivity contribution is 7.92. The lowest BCUT2D eigenvalue weighted by Crippen LogP contribution is -2.27. The van der Waals surface area contributed by atoms with Crippen LogP contribution in [0.3, 0.4) is 0 Å². The molecule has 0 saturated carbocycles. The van der Waals surface area contributed by atoms with Crippen molar-refractivity contribution >= 4 is 26.7 Å². The molecule has 0 aliphatic heterocycles. The molecule has 3 aromatic rings. The topological polar surface area (TPSA) is 75.3 Å². The molecule has 1 aromatic heterocycles. The number of aromatic nitrogens is 2. The molecule has 0 radical (unpaired) electrons. The summed E-state index contributed by atoms with van der Waals surface area (Å²) in [5.74, 6) is 0.628. The van der Waals surface area contributed by atoms with Gasteiger partial charge in [-0.05, 0) is 48.9 Å². The Kier molecular flexibility index (Phi) is 3.73. The van der Waals surface area contributed by atoms with Crippen LogP contribution < -0.4 is 9.04 Å². The van der Waals surface area contributed by atoms with Crippen LogP contribution in [0.25, 0.3) is 11.0 Å². The maximum Gasteiger partial charge on any atom is 0.264 e. The highest BCUT2D eigenvalue weighted by Gasteiger charge is 2.23. The summed E-state index contributed by atoms with van der Waals surface area (Å²) in [6.07, 6.45) is 1.58. The van der Waals surface area contributed by atoms with Gasteiger partial charge in [0.2, 0.25) is 0 Å². The van der Waals surface area contributed by atoms with Crippen LogP contribution in [0, 0.1) is 6.92 Å². The Morgan fingerprint density at radius 2 is 1.96 bits per heavy atom. The third-order valence-corrected chi connectivity index (χ3v) is 5.73. The maximum absolute atomic E-state index is 12.9. The first-order chi connectivity index (χ1) is 10.9. The number of sulfonamides is 1. The maximum atomic E-state index is 12.9. The fourth-order valence-electron chi connectivity index (χ4n) is 2.44. The third kappa shape index (κ3) is 2.63. The molecule has 2 aromatic carbocycles. The lowest BCUT2D eigenvalue weighted by molar-refractivity contribution is 0.414. The molecule has 0 aliphatic carbocycles. The summed E-state index contributed by atoms with van der Waals surface area (Å²) in [6.45, 7) is 1.75. The molecular formula is C16H17N3O3S. The Hall–Kier alpha value is -2.54. The van der Waals surface area contributed by atoms with E-state index < -0.39 is 10.0 Å². The number of ether oxygens (including phenoxy) is 1. The Balaban J connectivity index is 2.04. The molecule has 0 amide bonds. The van der Waals surface area contributed by atoms with E-state index in [-0.39, 0.29) is 4.90 Å². The molecule has 7 heteroatoms. The number of hydrogen-bond acceptors (Lipinski definition) is 4. The van der Waals surface area contributed by atoms with Gasteiger partial charge in [0, 0.05) is 7.05 Å². The molecule has 0 saturated heterocycles. The lowest BCUT2D eigenvalue weighted by atomic mass is 10.2. The SMILES string of the molecule is COc1ccc(S(=O)(=O)N(C)c2ccc3nc[nH]c3c2)c(C)c1. The van der Waals surface area contributed by atoms with Crippen LogP contribution >= 0.6 is 0 Å². The highest BCUT2D eigenvalue weighted by atomic mass is 32.2. The predicted octanol–water partition coefficient (Wildman–Crippen LogP) is 2.71. The first-order valence-corrected chi connectivity index (χ1v) is 8.44. The van der Waals surface area contributed by atoms with Crippen LogP contribution in [0.4, 0.5) is 5.69 Å². The monoisotopic (exact) mass is 331 g/mol. The van der Waals surface area contributed by atoms with Crippen LogP contribution in [0.15, 0.2) is 47.6 Å². The Morgan fingerprint density at radius 3 is 2.65 bits per heavy atom. The predicted molar refractivity (Wildman–Crippen MR) is 89.4 cm³/mol. The Labute approximate surface area is 134 Å². The number of rotatable bonds is 4. The van der Waals surface area contributed by atoms with Crippen LogP contribution in [0.1, 0.15) is 5.56 Å². The molecule has 0 aliphatic rings. The molecular weight excluding hydrogens is 314 g/mol. The minimum absolute atomic E-state index is 0.255. The average Bonchev–Trinajstić information content (AvgIpc) is 3.01. The first-order valence-electron chi connectivity index (χ1n) is 7.00. The normalized spacial score (nSPS) is 11.6. The van der Waals surface area contributed by atoms with Crippen LogP contribution in [-0.2, 0) is 10.0 Å². The molecule has 0 atom stereocenters. The number of nitrogens with one attached hydrogen (secondary N) is 1. The van der Waals surface area contributed by atoms with E-state index in [4.69, 9.17) is 4.74 Å². The molecule has 0 fully saturated rings. The van der Waals surface area contributed by atoms with Crippen LogP contribution in [0.5, 0.6) is 5.75 Å². The number of H-pyrrole nitrogens is 1. The first kappa shape index (κ1) is 15.4. The Morgan fingerprint density at radius 1 is 1.17 bits per heavy atom. The van der Waals surface area contributed by atoms with Gasteiger partial charge in [-0.1, -0.05) is 0 Å². The molecule has 23 heavy (non-hydrogen) atoms. The summed E-state index contributed by atoms with van der Waals surface area (Å²) in [5, 5.41) is 0. The van der Waals surface area contributed by atoms with E-state index in [0.29, 0.717) is 17.0 Å². The van der Waals surface area contributed by atoms with Crippen molar-refractivity contribution in [1.82, 2.24) is 9.97 Å². The van der Waals surface area contributed by atoms with Gasteiger partial charge < -0.3 is 9.72 Å². The largest absolute Gasteiger partial charge is 0.497 e. The van der Waals surface area contributed by atoms with Crippen LogP contribution in [0.2, 0.25) is 0 Å². The number of aromatic amines is 1. The summed E-state index contributed by atoms with van der Waals surface area (Å²) < 4.78 is 32.2. The molecule has 6 nitrogen and oxygen atoms in total. The standard InChI is InChI=1S/C16H17N3O3S/c1-11-8-13(22-3)5-7-16(11)23(20,21)19(2)12-4-6-14-15(9-12)18-10-17-14/h4-10H,1-3H3,(H,17,18). The number of anilines is 1. The summed E-state index contributed by atoms with van der Waals surface area (Å²) >= 11 is 0.